The van der Waals surface area contributed by atoms with Crippen LogP contribution in [0.2, 0.25) is 0 Å². The second kappa shape index (κ2) is 11.8. The van der Waals surface area contributed by atoms with Gasteiger partial charge < -0.3 is 5.11 Å². The molecule has 5 heteroatoms. The zero-order valence-electron chi connectivity index (χ0n) is 3.37. The predicted molar refractivity (Wildman–Crippen MR) is 52.9 cm³/mol. The van der Waals surface area contributed by atoms with Crippen LogP contribution in [-0.4, -0.2) is 13.6 Å². The molecule has 1 nitrogen and oxygen atoms in total. The molecule has 0 heterocycles. The van der Waals surface area contributed by atoms with Crippen molar-refractivity contribution in [3.63, 3.8) is 0 Å². The maximum absolute atomic E-state index is 8.34. The van der Waals surface area contributed by atoms with Crippen molar-refractivity contribution in [2.45, 2.75) is 4.11 Å². The third kappa shape index (κ3) is 17.6. The molecule has 0 aromatic rings. The Morgan fingerprint density at radius 3 is 1.71 bits per heavy atom. The van der Waals surface area contributed by atoms with E-state index in [1.807, 2.05) is 22.6 Å². The van der Waals surface area contributed by atoms with Crippen molar-refractivity contribution >= 4 is 63.3 Å². The molecule has 0 bridgehead atoms. The van der Waals surface area contributed by atoms with E-state index in [0.29, 0.717) is 0 Å². The molecule has 1 atom stereocenters. The van der Waals surface area contributed by atoms with Gasteiger partial charge in [-0.3, -0.25) is 0 Å². The number of aliphatic hydroxyl groups excluding tert-OH is 1. The summed E-state index contributed by atoms with van der Waals surface area (Å²) in [5.74, 6) is 0. The van der Waals surface area contributed by atoms with E-state index in [4.69, 9.17) is 5.11 Å². The van der Waals surface area contributed by atoms with Crippen molar-refractivity contribution in [2.24, 2.45) is 0 Å². The van der Waals surface area contributed by atoms with Crippen LogP contribution in [0.15, 0.2) is 0 Å². The molecule has 0 aliphatic rings. The van der Waals surface area contributed by atoms with Crippen LogP contribution in [0, 0.1) is 0 Å². The Kier molecular flexibility index (Phi) is 21.3. The zero-order chi connectivity index (χ0) is 6.28. The van der Waals surface area contributed by atoms with Crippen LogP contribution < -0.4 is 0 Å². The molecule has 0 spiro atoms. The quantitative estimate of drug-likeness (QED) is 0.277. The molecule has 1 N–H and O–H groups in total. The molecule has 0 aliphatic heterocycles. The molecular weight excluding hydrogens is 599 g/mol. The van der Waals surface area contributed by atoms with Crippen molar-refractivity contribution in [2.75, 3.05) is 4.43 Å². The van der Waals surface area contributed by atoms with Gasteiger partial charge in [-0.1, -0.05) is 45.2 Å². The Bertz CT molecular complexity index is 26.9. The van der Waals surface area contributed by atoms with Crippen LogP contribution in [0.5, 0.6) is 0 Å². The number of rotatable bonds is 1. The van der Waals surface area contributed by atoms with E-state index < -0.39 is 0 Å². The molecule has 0 aromatic carbocycles. The topological polar surface area (TPSA) is 20.2 Å². The minimum atomic E-state index is -0.159. The molecule has 0 fully saturated rings. The summed E-state index contributed by atoms with van der Waals surface area (Å²) < 4.78 is 0.659. The minimum absolute atomic E-state index is 0.159. The Labute approximate surface area is 95.0 Å². The first-order chi connectivity index (χ1) is 3.27. The van der Waals surface area contributed by atoms with Crippen molar-refractivity contribution in [1.29, 1.82) is 0 Å². The van der Waals surface area contributed by atoms with E-state index in [2.05, 4.69) is 40.7 Å². The average molecular weight is 603 g/mol. The molecule has 0 aromatic heterocycles. The second-order valence-electron chi connectivity index (χ2n) is 0.589. The van der Waals surface area contributed by atoms with E-state index in [1.165, 1.54) is 20.2 Å². The van der Waals surface area contributed by atoms with Gasteiger partial charge in [0.2, 0.25) is 0 Å². The third-order valence-electron chi connectivity index (χ3n) is 0.127. The summed E-state index contributed by atoms with van der Waals surface area (Å²) in [5.41, 5.74) is 0. The van der Waals surface area contributed by atoms with Crippen LogP contribution in [0.1, 0.15) is 0 Å². The summed E-state index contributed by atoms with van der Waals surface area (Å²) in [4.78, 5) is 0. The van der Waals surface area contributed by atoms with Crippen LogP contribution >= 0.6 is 63.3 Å². The van der Waals surface area contributed by atoms with Crippen LogP contribution in [0.3, 0.4) is 0 Å². The van der Waals surface area contributed by atoms with Gasteiger partial charge in [-0.2, -0.15) is 0 Å². The van der Waals surface area contributed by atoms with Gasteiger partial charge in [0.15, 0.2) is 0 Å². The number of hydrogen-bond acceptors (Lipinski definition) is 1. The summed E-state index contributed by atoms with van der Waals surface area (Å²) in [6.45, 7) is 0. The second-order valence-corrected chi connectivity index (χ2v) is 2.91. The van der Waals surface area contributed by atoms with Gasteiger partial charge in [0, 0.05) is 4.43 Å². The molecule has 7 heavy (non-hydrogen) atoms. The molecule has 1 unspecified atom stereocenters. The van der Waals surface area contributed by atoms with E-state index in [-0.39, 0.29) is 4.11 Å². The van der Waals surface area contributed by atoms with Crippen molar-refractivity contribution in [1.82, 2.24) is 0 Å². The van der Waals surface area contributed by atoms with Crippen LogP contribution in [-0.2, 0) is 20.2 Å². The molecule has 43 valence electrons. The first-order valence-corrected chi connectivity index (χ1v) is 14.3. The molecule has 0 radical (unpaired) electrons. The summed E-state index contributed by atoms with van der Waals surface area (Å²) >= 11 is 7.64. The number of hydrogen-bond donors (Lipinski definition) is 1. The van der Waals surface area contributed by atoms with Crippen molar-refractivity contribution in [3.8, 4) is 0 Å². The van der Waals surface area contributed by atoms with Crippen LogP contribution in [0.4, 0.5) is 0 Å². The Balaban J connectivity index is 0. The monoisotopic (exact) mass is 605 g/mol. The average Bonchev–Trinajstić information content (AvgIpc) is 1.73. The summed E-state index contributed by atoms with van der Waals surface area (Å²) in [6, 6.07) is 0. The maximum atomic E-state index is 8.34. The zero-order valence-corrected chi connectivity index (χ0v) is 13.4. The molecule has 0 aliphatic carbocycles. The van der Waals surface area contributed by atoms with Gasteiger partial charge in [0.25, 0.3) is 0 Å². The Morgan fingerprint density at radius 2 is 1.71 bits per heavy atom. The summed E-state index contributed by atoms with van der Waals surface area (Å²) in [7, 11) is 0. The normalized spacial score (nSPS) is 11.3. The van der Waals surface area contributed by atoms with E-state index in [0.717, 1.165) is 4.43 Å². The van der Waals surface area contributed by atoms with Gasteiger partial charge >= 0.3 is 38.4 Å². The van der Waals surface area contributed by atoms with E-state index in [1.54, 1.807) is 0 Å². The molecule has 0 saturated carbocycles. The standard InChI is InChI=1S/C2H4I2O.Hf.HI/c3-1-2(4)5;;/h2,5H,1H2;;1H/q;+1;/p-1. The molecule has 0 rings (SSSR count). The first-order valence-electron chi connectivity index (χ1n) is 1.34. The third-order valence-corrected chi connectivity index (χ3v) is 3.09. The van der Waals surface area contributed by atoms with Gasteiger partial charge in [0.1, 0.15) is 4.11 Å². The Hall–Kier alpha value is 3.02. The number of halogens is 3. The van der Waals surface area contributed by atoms with E-state index in [9.17, 15) is 0 Å². The van der Waals surface area contributed by atoms with Crippen molar-refractivity contribution in [3.05, 3.63) is 0 Å². The van der Waals surface area contributed by atoms with E-state index >= 15 is 0 Å². The fourth-order valence-electron chi connectivity index (χ4n) is 0. The SMILES string of the molecule is OC(I)CI.[I][Hf]. The van der Waals surface area contributed by atoms with Gasteiger partial charge in [-0.15, -0.1) is 0 Å². The summed E-state index contributed by atoms with van der Waals surface area (Å²) in [6.07, 6.45) is 0. The fraction of sp³-hybridized carbons (Fsp3) is 1.00. The van der Waals surface area contributed by atoms with Gasteiger partial charge in [-0.05, 0) is 0 Å². The van der Waals surface area contributed by atoms with Crippen molar-refractivity contribution < 1.29 is 25.3 Å². The number of alkyl halides is 2. The van der Waals surface area contributed by atoms with Gasteiger partial charge in [0.05, 0.1) is 0 Å². The Morgan fingerprint density at radius 1 is 1.57 bits per heavy atom. The molecule has 0 amide bonds. The van der Waals surface area contributed by atoms with Gasteiger partial charge in [-0.25, -0.2) is 0 Å². The number of aliphatic hydroxyl groups is 1. The molecular formula is C2H4HfI3O. The van der Waals surface area contributed by atoms with Crippen LogP contribution in [0.25, 0.3) is 0 Å². The molecule has 0 saturated heterocycles. The fourth-order valence-corrected chi connectivity index (χ4v) is 0. The first kappa shape index (κ1) is 12.7. The summed E-state index contributed by atoms with van der Waals surface area (Å²) in [5, 5.41) is 8.34. The predicted octanol–water partition coefficient (Wildman–Crippen LogP) is 2.06.